The lowest BCUT2D eigenvalue weighted by Crippen LogP contribution is -2.50. The molecule has 0 unspecified atom stereocenters. The second kappa shape index (κ2) is 10.2. The highest BCUT2D eigenvalue weighted by Crippen LogP contribution is 2.23. The number of hydrogen-bond donors (Lipinski definition) is 2. The lowest BCUT2D eigenvalue weighted by Gasteiger charge is -2.37. The zero-order chi connectivity index (χ0) is 20.5. The fourth-order valence-electron chi connectivity index (χ4n) is 3.16. The molecule has 1 amide bonds. The van der Waals surface area contributed by atoms with Crippen molar-refractivity contribution < 1.29 is 23.8 Å². The van der Waals surface area contributed by atoms with E-state index in [4.69, 9.17) is 9.47 Å². The SMILES string of the molecule is O=C(CN1CCC(O)(COc2ccc(F)cc2)CC1)NCCOc1ccccc1. The lowest BCUT2D eigenvalue weighted by molar-refractivity contribution is -0.124. The summed E-state index contributed by atoms with van der Waals surface area (Å²) < 4.78 is 24.1. The van der Waals surface area contributed by atoms with Crippen LogP contribution in [0.25, 0.3) is 0 Å². The van der Waals surface area contributed by atoms with E-state index >= 15 is 0 Å². The first kappa shape index (κ1) is 21.1. The van der Waals surface area contributed by atoms with Gasteiger partial charge in [0.25, 0.3) is 0 Å². The van der Waals surface area contributed by atoms with Gasteiger partial charge >= 0.3 is 0 Å². The summed E-state index contributed by atoms with van der Waals surface area (Å²) in [4.78, 5) is 14.1. The second-order valence-corrected chi connectivity index (χ2v) is 7.25. The van der Waals surface area contributed by atoms with E-state index in [-0.39, 0.29) is 18.3 Å². The summed E-state index contributed by atoms with van der Waals surface area (Å²) in [5, 5.41) is 13.5. The van der Waals surface area contributed by atoms with E-state index in [0.29, 0.717) is 51.4 Å². The monoisotopic (exact) mass is 402 g/mol. The van der Waals surface area contributed by atoms with Crippen LogP contribution in [0.1, 0.15) is 12.8 Å². The highest BCUT2D eigenvalue weighted by Gasteiger charge is 2.33. The molecular formula is C22H27FN2O4. The topological polar surface area (TPSA) is 71.0 Å². The van der Waals surface area contributed by atoms with Crippen LogP contribution in [0.2, 0.25) is 0 Å². The first-order valence-electron chi connectivity index (χ1n) is 9.80. The van der Waals surface area contributed by atoms with Gasteiger partial charge in [-0.3, -0.25) is 9.69 Å². The molecule has 7 heteroatoms. The van der Waals surface area contributed by atoms with Crippen LogP contribution in [0, 0.1) is 5.82 Å². The fraction of sp³-hybridized carbons (Fsp3) is 0.409. The molecule has 6 nitrogen and oxygen atoms in total. The lowest BCUT2D eigenvalue weighted by atomic mass is 9.92. The average Bonchev–Trinajstić information content (AvgIpc) is 2.74. The molecule has 2 aromatic rings. The highest BCUT2D eigenvalue weighted by atomic mass is 19.1. The van der Waals surface area contributed by atoms with Gasteiger partial charge in [-0.05, 0) is 49.2 Å². The van der Waals surface area contributed by atoms with Crippen LogP contribution in [-0.2, 0) is 4.79 Å². The number of piperidine rings is 1. The quantitative estimate of drug-likeness (QED) is 0.630. The molecule has 0 radical (unpaired) electrons. The minimum absolute atomic E-state index is 0.0605. The number of rotatable bonds is 9. The largest absolute Gasteiger partial charge is 0.492 e. The number of halogens is 1. The number of carbonyl (C=O) groups is 1. The molecule has 0 aliphatic carbocycles. The van der Waals surface area contributed by atoms with Gasteiger partial charge in [0.05, 0.1) is 13.1 Å². The molecule has 29 heavy (non-hydrogen) atoms. The summed E-state index contributed by atoms with van der Waals surface area (Å²) in [6.07, 6.45) is 1.02. The Balaban J connectivity index is 1.31. The first-order valence-corrected chi connectivity index (χ1v) is 9.80. The van der Waals surface area contributed by atoms with E-state index in [1.54, 1.807) is 12.1 Å². The summed E-state index contributed by atoms with van der Waals surface area (Å²) in [5.74, 6) is 0.920. The molecule has 1 aliphatic rings. The number of likely N-dealkylation sites (tertiary alicyclic amines) is 1. The molecule has 1 aliphatic heterocycles. The van der Waals surface area contributed by atoms with Gasteiger partial charge in [0.1, 0.15) is 36.1 Å². The first-order chi connectivity index (χ1) is 14.0. The number of nitrogens with zero attached hydrogens (tertiary/aromatic N) is 1. The smallest absolute Gasteiger partial charge is 0.234 e. The Hall–Kier alpha value is -2.64. The zero-order valence-corrected chi connectivity index (χ0v) is 16.4. The fourth-order valence-corrected chi connectivity index (χ4v) is 3.16. The van der Waals surface area contributed by atoms with E-state index < -0.39 is 5.60 Å². The summed E-state index contributed by atoms with van der Waals surface area (Å²) in [7, 11) is 0. The third kappa shape index (κ3) is 7.03. The Labute approximate surface area is 170 Å². The zero-order valence-electron chi connectivity index (χ0n) is 16.4. The summed E-state index contributed by atoms with van der Waals surface area (Å²) in [6.45, 7) is 2.51. The van der Waals surface area contributed by atoms with Crippen molar-refractivity contribution in [2.75, 3.05) is 39.4 Å². The van der Waals surface area contributed by atoms with Crippen LogP contribution in [0.15, 0.2) is 54.6 Å². The molecule has 0 spiro atoms. The van der Waals surface area contributed by atoms with Gasteiger partial charge in [-0.2, -0.15) is 0 Å². The Morgan fingerprint density at radius 2 is 1.69 bits per heavy atom. The van der Waals surface area contributed by atoms with Gasteiger partial charge in [0.2, 0.25) is 5.91 Å². The highest BCUT2D eigenvalue weighted by molar-refractivity contribution is 5.78. The molecule has 0 bridgehead atoms. The Kier molecular flexibility index (Phi) is 7.43. The molecule has 0 atom stereocenters. The number of para-hydroxylation sites is 1. The van der Waals surface area contributed by atoms with Crippen molar-refractivity contribution in [2.24, 2.45) is 0 Å². The molecular weight excluding hydrogens is 375 g/mol. The molecule has 1 fully saturated rings. The molecule has 156 valence electrons. The molecule has 0 saturated carbocycles. The van der Waals surface area contributed by atoms with Crippen molar-refractivity contribution >= 4 is 5.91 Å². The number of ether oxygens (including phenoxy) is 2. The second-order valence-electron chi connectivity index (χ2n) is 7.25. The molecule has 1 heterocycles. The van der Waals surface area contributed by atoms with Crippen molar-refractivity contribution in [3.05, 3.63) is 60.4 Å². The summed E-state index contributed by atoms with van der Waals surface area (Å²) in [5.41, 5.74) is -0.940. The van der Waals surface area contributed by atoms with E-state index in [0.717, 1.165) is 5.75 Å². The number of amides is 1. The van der Waals surface area contributed by atoms with Crippen LogP contribution in [0.5, 0.6) is 11.5 Å². The maximum atomic E-state index is 12.9. The van der Waals surface area contributed by atoms with E-state index in [9.17, 15) is 14.3 Å². The van der Waals surface area contributed by atoms with Gasteiger partial charge in [0, 0.05) is 13.1 Å². The summed E-state index contributed by atoms with van der Waals surface area (Å²) >= 11 is 0. The molecule has 2 N–H and O–H groups in total. The third-order valence-electron chi connectivity index (χ3n) is 4.91. The minimum atomic E-state index is -0.940. The predicted molar refractivity (Wildman–Crippen MR) is 107 cm³/mol. The van der Waals surface area contributed by atoms with Crippen LogP contribution in [0.4, 0.5) is 4.39 Å². The number of hydrogen-bond acceptors (Lipinski definition) is 5. The van der Waals surface area contributed by atoms with Crippen LogP contribution in [-0.4, -0.2) is 60.9 Å². The van der Waals surface area contributed by atoms with Gasteiger partial charge in [0.15, 0.2) is 0 Å². The maximum absolute atomic E-state index is 12.9. The normalized spacial score (nSPS) is 16.2. The van der Waals surface area contributed by atoms with Crippen molar-refractivity contribution in [2.45, 2.75) is 18.4 Å². The standard InChI is InChI=1S/C22H27FN2O4/c23-18-6-8-20(9-7-18)29-17-22(27)10-13-25(14-11-22)16-21(26)24-12-15-28-19-4-2-1-3-5-19/h1-9,27H,10-17H2,(H,24,26). The van der Waals surface area contributed by atoms with Crippen molar-refractivity contribution in [3.8, 4) is 11.5 Å². The van der Waals surface area contributed by atoms with Crippen molar-refractivity contribution in [3.63, 3.8) is 0 Å². The number of benzene rings is 2. The number of nitrogens with one attached hydrogen (secondary N) is 1. The molecule has 3 rings (SSSR count). The predicted octanol–water partition coefficient (Wildman–Crippen LogP) is 2.23. The Morgan fingerprint density at radius 1 is 1.03 bits per heavy atom. The number of aliphatic hydroxyl groups is 1. The van der Waals surface area contributed by atoms with Crippen LogP contribution in [0.3, 0.4) is 0 Å². The number of carbonyl (C=O) groups excluding carboxylic acids is 1. The summed E-state index contributed by atoms with van der Waals surface area (Å²) in [6, 6.07) is 15.2. The van der Waals surface area contributed by atoms with E-state index in [1.807, 2.05) is 35.2 Å². The maximum Gasteiger partial charge on any atom is 0.234 e. The van der Waals surface area contributed by atoms with Crippen LogP contribution >= 0.6 is 0 Å². The van der Waals surface area contributed by atoms with Gasteiger partial charge in [-0.25, -0.2) is 4.39 Å². The van der Waals surface area contributed by atoms with Crippen LogP contribution < -0.4 is 14.8 Å². The molecule has 1 saturated heterocycles. The average molecular weight is 402 g/mol. The van der Waals surface area contributed by atoms with Crippen molar-refractivity contribution in [1.82, 2.24) is 10.2 Å². The van der Waals surface area contributed by atoms with Gasteiger partial charge in [-0.15, -0.1) is 0 Å². The Bertz CT molecular complexity index is 762. The molecule has 2 aromatic carbocycles. The minimum Gasteiger partial charge on any atom is -0.492 e. The van der Waals surface area contributed by atoms with Crippen molar-refractivity contribution in [1.29, 1.82) is 0 Å². The Morgan fingerprint density at radius 3 is 2.38 bits per heavy atom. The molecule has 0 aromatic heterocycles. The third-order valence-corrected chi connectivity index (χ3v) is 4.91. The van der Waals surface area contributed by atoms with Gasteiger partial charge in [-0.1, -0.05) is 18.2 Å². The van der Waals surface area contributed by atoms with Gasteiger partial charge < -0.3 is 19.9 Å². The van der Waals surface area contributed by atoms with E-state index in [1.165, 1.54) is 12.1 Å². The van der Waals surface area contributed by atoms with E-state index in [2.05, 4.69) is 5.32 Å².